The van der Waals surface area contributed by atoms with E-state index in [1.54, 1.807) is 19.2 Å². The van der Waals surface area contributed by atoms with Gasteiger partial charge in [0, 0.05) is 20.2 Å². The molecule has 0 aromatic heterocycles. The number of hydrogen-bond donors (Lipinski definition) is 2. The van der Waals surface area contributed by atoms with Crippen molar-refractivity contribution in [2.45, 2.75) is 24.7 Å². The summed E-state index contributed by atoms with van der Waals surface area (Å²) in [6, 6.07) is 5.97. The Bertz CT molecular complexity index is 537. The van der Waals surface area contributed by atoms with Gasteiger partial charge in [-0.1, -0.05) is 12.1 Å². The van der Waals surface area contributed by atoms with E-state index in [9.17, 15) is 18.0 Å². The van der Waals surface area contributed by atoms with Crippen molar-refractivity contribution in [1.29, 1.82) is 0 Å². The van der Waals surface area contributed by atoms with Crippen molar-refractivity contribution in [1.82, 2.24) is 10.6 Å². The number of hydrogen-bond acceptors (Lipinski definition) is 4. The Labute approximate surface area is 132 Å². The second-order valence-electron chi connectivity index (χ2n) is 5.33. The third-order valence-electron chi connectivity index (χ3n) is 3.47. The van der Waals surface area contributed by atoms with Gasteiger partial charge < -0.3 is 20.1 Å². The molecule has 1 aliphatic rings. The summed E-state index contributed by atoms with van der Waals surface area (Å²) in [5.41, 5.74) is 0.585. The molecule has 5 nitrogen and oxygen atoms in total. The number of nitrogens with one attached hydrogen (secondary N) is 2. The standard InChI is InChI=1S/C15H19F3N2O3/c1-22-13-8-19-7-12(13)20-14(21)6-10-3-2-4-11(5-10)23-9-15(16,17)18/h2-5,12-13,19H,6-9H2,1H3,(H,20,21). The Kier molecular flexibility index (Phi) is 5.84. The van der Waals surface area contributed by atoms with Crippen LogP contribution in [0.4, 0.5) is 13.2 Å². The van der Waals surface area contributed by atoms with Crippen LogP contribution in [0.25, 0.3) is 0 Å². The highest BCUT2D eigenvalue weighted by atomic mass is 19.4. The molecule has 1 heterocycles. The zero-order valence-corrected chi connectivity index (χ0v) is 12.7. The smallest absolute Gasteiger partial charge is 0.422 e. The second kappa shape index (κ2) is 7.65. The van der Waals surface area contributed by atoms with E-state index >= 15 is 0 Å². The number of benzene rings is 1. The van der Waals surface area contributed by atoms with Crippen LogP contribution in [0.1, 0.15) is 5.56 Å². The number of alkyl halides is 3. The largest absolute Gasteiger partial charge is 0.484 e. The summed E-state index contributed by atoms with van der Waals surface area (Å²) in [4.78, 5) is 12.0. The first kappa shape index (κ1) is 17.6. The van der Waals surface area contributed by atoms with Crippen molar-refractivity contribution >= 4 is 5.91 Å². The Hall–Kier alpha value is -1.80. The van der Waals surface area contributed by atoms with E-state index in [0.717, 1.165) is 0 Å². The SMILES string of the molecule is COC1CNCC1NC(=O)Cc1cccc(OCC(F)(F)F)c1. The Morgan fingerprint density at radius 1 is 1.39 bits per heavy atom. The van der Waals surface area contributed by atoms with Crippen LogP contribution in [0.3, 0.4) is 0 Å². The van der Waals surface area contributed by atoms with Gasteiger partial charge in [-0.15, -0.1) is 0 Å². The number of halogens is 3. The average Bonchev–Trinajstić information content (AvgIpc) is 2.92. The fourth-order valence-corrected chi connectivity index (χ4v) is 2.40. The van der Waals surface area contributed by atoms with Gasteiger partial charge in [-0.3, -0.25) is 4.79 Å². The number of carbonyl (C=O) groups excluding carboxylic acids is 1. The average molecular weight is 332 g/mol. The molecule has 0 aliphatic carbocycles. The maximum absolute atomic E-state index is 12.1. The first-order chi connectivity index (χ1) is 10.9. The lowest BCUT2D eigenvalue weighted by atomic mass is 10.1. The highest BCUT2D eigenvalue weighted by molar-refractivity contribution is 5.79. The van der Waals surface area contributed by atoms with E-state index < -0.39 is 12.8 Å². The number of ether oxygens (including phenoxy) is 2. The third-order valence-corrected chi connectivity index (χ3v) is 3.47. The fraction of sp³-hybridized carbons (Fsp3) is 0.533. The van der Waals surface area contributed by atoms with E-state index in [0.29, 0.717) is 18.7 Å². The quantitative estimate of drug-likeness (QED) is 0.824. The van der Waals surface area contributed by atoms with Gasteiger partial charge >= 0.3 is 6.18 Å². The normalized spacial score (nSPS) is 21.2. The molecule has 128 valence electrons. The molecule has 2 unspecified atom stereocenters. The molecule has 0 radical (unpaired) electrons. The summed E-state index contributed by atoms with van der Waals surface area (Å²) in [6.07, 6.45) is -4.41. The minimum Gasteiger partial charge on any atom is -0.484 e. The number of rotatable bonds is 6. The van der Waals surface area contributed by atoms with E-state index in [1.807, 2.05) is 0 Å². The number of methoxy groups -OCH3 is 1. The fourth-order valence-electron chi connectivity index (χ4n) is 2.40. The molecule has 1 aromatic carbocycles. The second-order valence-corrected chi connectivity index (χ2v) is 5.33. The van der Waals surface area contributed by atoms with Crippen LogP contribution in [0, 0.1) is 0 Å². The lowest BCUT2D eigenvalue weighted by Crippen LogP contribution is -2.44. The van der Waals surface area contributed by atoms with E-state index in [4.69, 9.17) is 4.74 Å². The minimum absolute atomic E-state index is 0.0656. The predicted octanol–water partition coefficient (Wildman–Crippen LogP) is 1.27. The van der Waals surface area contributed by atoms with E-state index in [-0.39, 0.29) is 30.2 Å². The van der Waals surface area contributed by atoms with Gasteiger partial charge in [-0.05, 0) is 17.7 Å². The monoisotopic (exact) mass is 332 g/mol. The maximum Gasteiger partial charge on any atom is 0.422 e. The highest BCUT2D eigenvalue weighted by Crippen LogP contribution is 2.19. The van der Waals surface area contributed by atoms with E-state index in [2.05, 4.69) is 15.4 Å². The summed E-state index contributed by atoms with van der Waals surface area (Å²) in [5, 5.41) is 5.97. The molecule has 1 aliphatic heterocycles. The number of carbonyl (C=O) groups is 1. The van der Waals surface area contributed by atoms with Crippen LogP contribution < -0.4 is 15.4 Å². The Balaban J connectivity index is 1.88. The van der Waals surface area contributed by atoms with Gasteiger partial charge in [-0.2, -0.15) is 13.2 Å². The van der Waals surface area contributed by atoms with Crippen LogP contribution in [0.15, 0.2) is 24.3 Å². The van der Waals surface area contributed by atoms with Crippen LogP contribution in [0.2, 0.25) is 0 Å². The Morgan fingerprint density at radius 2 is 2.17 bits per heavy atom. The molecule has 0 spiro atoms. The summed E-state index contributed by atoms with van der Waals surface area (Å²) >= 11 is 0. The third kappa shape index (κ3) is 5.72. The molecule has 2 N–H and O–H groups in total. The zero-order valence-electron chi connectivity index (χ0n) is 12.7. The summed E-state index contributed by atoms with van der Waals surface area (Å²) in [7, 11) is 1.58. The predicted molar refractivity (Wildman–Crippen MR) is 77.3 cm³/mol. The molecule has 1 fully saturated rings. The van der Waals surface area contributed by atoms with Gasteiger partial charge in [-0.25, -0.2) is 0 Å². The number of amides is 1. The molecule has 8 heteroatoms. The van der Waals surface area contributed by atoms with Gasteiger partial charge in [0.05, 0.1) is 18.6 Å². The van der Waals surface area contributed by atoms with Crippen LogP contribution in [-0.4, -0.2) is 51.0 Å². The molecule has 2 atom stereocenters. The molecule has 2 rings (SSSR count). The molecule has 1 amide bonds. The van der Waals surface area contributed by atoms with Crippen molar-refractivity contribution in [3.8, 4) is 5.75 Å². The van der Waals surface area contributed by atoms with Gasteiger partial charge in [0.1, 0.15) is 5.75 Å². The lowest BCUT2D eigenvalue weighted by Gasteiger charge is -2.18. The molecule has 0 bridgehead atoms. The molecule has 1 saturated heterocycles. The van der Waals surface area contributed by atoms with Crippen LogP contribution in [-0.2, 0) is 16.0 Å². The van der Waals surface area contributed by atoms with Crippen molar-refractivity contribution < 1.29 is 27.4 Å². The van der Waals surface area contributed by atoms with Crippen LogP contribution in [0.5, 0.6) is 5.75 Å². The lowest BCUT2D eigenvalue weighted by molar-refractivity contribution is -0.153. The minimum atomic E-state index is -4.39. The molecule has 0 saturated carbocycles. The van der Waals surface area contributed by atoms with Gasteiger partial charge in [0.25, 0.3) is 0 Å². The highest BCUT2D eigenvalue weighted by Gasteiger charge is 2.29. The van der Waals surface area contributed by atoms with Crippen molar-refractivity contribution in [2.24, 2.45) is 0 Å². The summed E-state index contributed by atoms with van der Waals surface area (Å²) in [5.74, 6) is -0.126. The maximum atomic E-state index is 12.1. The first-order valence-corrected chi connectivity index (χ1v) is 7.19. The van der Waals surface area contributed by atoms with E-state index in [1.165, 1.54) is 12.1 Å². The van der Waals surface area contributed by atoms with Crippen molar-refractivity contribution in [2.75, 3.05) is 26.8 Å². The first-order valence-electron chi connectivity index (χ1n) is 7.19. The van der Waals surface area contributed by atoms with Crippen molar-refractivity contribution in [3.05, 3.63) is 29.8 Å². The van der Waals surface area contributed by atoms with Gasteiger partial charge in [0.2, 0.25) is 5.91 Å². The summed E-state index contributed by atoms with van der Waals surface area (Å²) < 4.78 is 46.4. The van der Waals surface area contributed by atoms with Gasteiger partial charge in [0.15, 0.2) is 6.61 Å². The summed E-state index contributed by atoms with van der Waals surface area (Å²) in [6.45, 7) is -0.0624. The molecule has 1 aromatic rings. The molecular weight excluding hydrogens is 313 g/mol. The molecular formula is C15H19F3N2O3. The van der Waals surface area contributed by atoms with Crippen LogP contribution >= 0.6 is 0 Å². The topological polar surface area (TPSA) is 59.6 Å². The van der Waals surface area contributed by atoms with Crippen molar-refractivity contribution in [3.63, 3.8) is 0 Å². The molecule has 23 heavy (non-hydrogen) atoms. The zero-order chi connectivity index (χ0) is 16.9. The Morgan fingerprint density at radius 3 is 2.87 bits per heavy atom.